The van der Waals surface area contributed by atoms with Gasteiger partial charge in [-0.05, 0) is 61.4 Å². The number of hydrogen-bond acceptors (Lipinski definition) is 4. The van der Waals surface area contributed by atoms with Crippen LogP contribution in [0.25, 0.3) is 0 Å². The predicted molar refractivity (Wildman–Crippen MR) is 131 cm³/mol. The summed E-state index contributed by atoms with van der Waals surface area (Å²) >= 11 is 6.13. The van der Waals surface area contributed by atoms with E-state index in [1.807, 2.05) is 19.9 Å². The SMILES string of the molecule is Cc1ccc(NC(=O)N2CCN(C(=O)c3ccc(C)c(NC(=O)c4ccco4)c3)CC2)cc1Cl. The van der Waals surface area contributed by atoms with Gasteiger partial charge in [-0.3, -0.25) is 9.59 Å². The van der Waals surface area contributed by atoms with Crippen molar-refractivity contribution in [2.75, 3.05) is 36.8 Å². The molecule has 4 amide bonds. The number of piperazine rings is 1. The monoisotopic (exact) mass is 480 g/mol. The molecule has 1 aliphatic rings. The second kappa shape index (κ2) is 10.0. The summed E-state index contributed by atoms with van der Waals surface area (Å²) in [5.74, 6) is -0.343. The van der Waals surface area contributed by atoms with Crippen molar-refractivity contribution >= 4 is 40.8 Å². The highest BCUT2D eigenvalue weighted by atomic mass is 35.5. The highest BCUT2D eigenvalue weighted by Gasteiger charge is 2.25. The molecule has 4 rings (SSSR count). The van der Waals surface area contributed by atoms with Crippen LogP contribution in [0.3, 0.4) is 0 Å². The smallest absolute Gasteiger partial charge is 0.321 e. The van der Waals surface area contributed by atoms with Crippen LogP contribution in [0.15, 0.2) is 59.2 Å². The normalized spacial score (nSPS) is 13.5. The van der Waals surface area contributed by atoms with Gasteiger partial charge in [0.25, 0.3) is 11.8 Å². The Morgan fingerprint density at radius 3 is 2.26 bits per heavy atom. The molecule has 1 fully saturated rings. The predicted octanol–water partition coefficient (Wildman–Crippen LogP) is 4.79. The molecule has 9 heteroatoms. The highest BCUT2D eigenvalue weighted by Crippen LogP contribution is 2.22. The van der Waals surface area contributed by atoms with Crippen LogP contribution in [-0.2, 0) is 0 Å². The van der Waals surface area contributed by atoms with Crippen LogP contribution in [0.4, 0.5) is 16.2 Å². The van der Waals surface area contributed by atoms with E-state index >= 15 is 0 Å². The van der Waals surface area contributed by atoms with Gasteiger partial charge in [0.15, 0.2) is 5.76 Å². The number of nitrogens with zero attached hydrogens (tertiary/aromatic N) is 2. The zero-order valence-corrected chi connectivity index (χ0v) is 19.7. The maximum atomic E-state index is 13.1. The summed E-state index contributed by atoms with van der Waals surface area (Å²) in [6, 6.07) is 13.5. The van der Waals surface area contributed by atoms with Crippen LogP contribution in [0.5, 0.6) is 0 Å². The average molecular weight is 481 g/mol. The van der Waals surface area contributed by atoms with E-state index in [2.05, 4.69) is 10.6 Å². The third-order valence-electron chi connectivity index (χ3n) is 5.75. The van der Waals surface area contributed by atoms with Crippen molar-refractivity contribution in [1.29, 1.82) is 0 Å². The minimum atomic E-state index is -0.382. The van der Waals surface area contributed by atoms with Gasteiger partial charge in [-0.2, -0.15) is 0 Å². The minimum absolute atomic E-state index is 0.154. The molecule has 0 spiro atoms. The molecule has 1 aliphatic heterocycles. The van der Waals surface area contributed by atoms with E-state index in [0.717, 1.165) is 11.1 Å². The zero-order valence-electron chi connectivity index (χ0n) is 18.9. The molecule has 3 aromatic rings. The molecule has 0 radical (unpaired) electrons. The molecule has 1 aromatic heterocycles. The van der Waals surface area contributed by atoms with Gasteiger partial charge < -0.3 is 24.9 Å². The van der Waals surface area contributed by atoms with Crippen molar-refractivity contribution in [2.45, 2.75) is 13.8 Å². The first-order chi connectivity index (χ1) is 16.3. The van der Waals surface area contributed by atoms with Crippen molar-refractivity contribution < 1.29 is 18.8 Å². The summed E-state index contributed by atoms with van der Waals surface area (Å²) in [5, 5.41) is 6.23. The molecular formula is C25H25ClN4O4. The molecule has 8 nitrogen and oxygen atoms in total. The number of halogens is 1. The van der Waals surface area contributed by atoms with Crippen molar-refractivity contribution in [3.63, 3.8) is 0 Å². The van der Waals surface area contributed by atoms with Gasteiger partial charge in [-0.25, -0.2) is 4.79 Å². The van der Waals surface area contributed by atoms with E-state index < -0.39 is 0 Å². The van der Waals surface area contributed by atoms with Crippen molar-refractivity contribution in [1.82, 2.24) is 9.80 Å². The van der Waals surface area contributed by atoms with Crippen LogP contribution >= 0.6 is 11.6 Å². The molecule has 176 valence electrons. The highest BCUT2D eigenvalue weighted by molar-refractivity contribution is 6.31. The number of carbonyl (C=O) groups excluding carboxylic acids is 3. The lowest BCUT2D eigenvalue weighted by Gasteiger charge is -2.34. The Bertz CT molecular complexity index is 1220. The van der Waals surface area contributed by atoms with E-state index in [0.29, 0.717) is 48.1 Å². The maximum Gasteiger partial charge on any atom is 0.321 e. The van der Waals surface area contributed by atoms with Gasteiger partial charge in [0.1, 0.15) is 0 Å². The van der Waals surface area contributed by atoms with Gasteiger partial charge >= 0.3 is 6.03 Å². The first-order valence-electron chi connectivity index (χ1n) is 10.9. The Morgan fingerprint density at radius 2 is 1.59 bits per heavy atom. The van der Waals surface area contributed by atoms with Gasteiger partial charge in [0.05, 0.1) is 6.26 Å². The number of urea groups is 1. The lowest BCUT2D eigenvalue weighted by atomic mass is 10.1. The van der Waals surface area contributed by atoms with Crippen LogP contribution in [-0.4, -0.2) is 53.8 Å². The molecule has 0 bridgehead atoms. The van der Waals surface area contributed by atoms with Crippen LogP contribution < -0.4 is 10.6 Å². The van der Waals surface area contributed by atoms with Crippen molar-refractivity contribution in [2.24, 2.45) is 0 Å². The van der Waals surface area contributed by atoms with Gasteiger partial charge in [-0.1, -0.05) is 23.7 Å². The Morgan fingerprint density at radius 1 is 0.882 bits per heavy atom. The molecule has 0 atom stereocenters. The molecule has 1 saturated heterocycles. The molecule has 2 N–H and O–H groups in total. The second-order valence-corrected chi connectivity index (χ2v) is 8.54. The van der Waals surface area contributed by atoms with Crippen molar-refractivity contribution in [3.05, 3.63) is 82.3 Å². The fourth-order valence-electron chi connectivity index (χ4n) is 3.65. The van der Waals surface area contributed by atoms with E-state index in [-0.39, 0.29) is 23.6 Å². The van der Waals surface area contributed by atoms with Crippen LogP contribution in [0.2, 0.25) is 5.02 Å². The van der Waals surface area contributed by atoms with Gasteiger partial charge in [0, 0.05) is 48.1 Å². The van der Waals surface area contributed by atoms with Gasteiger partial charge in [0.2, 0.25) is 0 Å². The molecule has 0 unspecified atom stereocenters. The Kier molecular flexibility index (Phi) is 6.88. The molecule has 0 aliphatic carbocycles. The molecule has 2 heterocycles. The number of anilines is 2. The van der Waals surface area contributed by atoms with Crippen LogP contribution in [0, 0.1) is 13.8 Å². The molecular weight excluding hydrogens is 456 g/mol. The van der Waals surface area contributed by atoms with E-state index in [4.69, 9.17) is 16.0 Å². The first-order valence-corrected chi connectivity index (χ1v) is 11.3. The number of rotatable bonds is 4. The standard InChI is InChI=1S/C25H25ClN4O4/c1-16-6-8-19(15-20(16)26)27-25(33)30-11-9-29(10-12-30)24(32)18-7-5-17(2)21(14-18)28-23(31)22-4-3-13-34-22/h3-8,13-15H,9-12H2,1-2H3,(H,27,33)(H,28,31). The number of hydrogen-bond donors (Lipinski definition) is 2. The summed E-state index contributed by atoms with van der Waals surface area (Å²) in [5.41, 5.74) is 3.40. The van der Waals surface area contributed by atoms with Crippen LogP contribution in [0.1, 0.15) is 32.0 Å². The summed E-state index contributed by atoms with van der Waals surface area (Å²) in [6.07, 6.45) is 1.43. The number of nitrogens with one attached hydrogen (secondary N) is 2. The number of carbonyl (C=O) groups is 3. The molecule has 2 aromatic carbocycles. The second-order valence-electron chi connectivity index (χ2n) is 8.13. The average Bonchev–Trinajstić information content (AvgIpc) is 3.38. The van der Waals surface area contributed by atoms with E-state index in [1.54, 1.807) is 52.3 Å². The number of furan rings is 1. The summed E-state index contributed by atoms with van der Waals surface area (Å²) in [6.45, 7) is 5.38. The summed E-state index contributed by atoms with van der Waals surface area (Å²) < 4.78 is 5.13. The lowest BCUT2D eigenvalue weighted by Crippen LogP contribution is -2.51. The number of amides is 4. The van der Waals surface area contributed by atoms with Crippen molar-refractivity contribution in [3.8, 4) is 0 Å². The molecule has 34 heavy (non-hydrogen) atoms. The Hall–Kier alpha value is -3.78. The topological polar surface area (TPSA) is 94.9 Å². The Balaban J connectivity index is 1.36. The maximum absolute atomic E-state index is 13.1. The largest absolute Gasteiger partial charge is 0.459 e. The fraction of sp³-hybridized carbons (Fsp3) is 0.240. The quantitative estimate of drug-likeness (QED) is 0.561. The third-order valence-corrected chi connectivity index (χ3v) is 6.16. The zero-order chi connectivity index (χ0) is 24.2. The van der Waals surface area contributed by atoms with Gasteiger partial charge in [-0.15, -0.1) is 0 Å². The number of benzene rings is 2. The Labute approximate surface area is 202 Å². The fourth-order valence-corrected chi connectivity index (χ4v) is 3.83. The summed E-state index contributed by atoms with van der Waals surface area (Å²) in [4.78, 5) is 41.4. The third kappa shape index (κ3) is 5.23. The minimum Gasteiger partial charge on any atom is -0.459 e. The van der Waals surface area contributed by atoms with E-state index in [1.165, 1.54) is 6.26 Å². The number of aryl methyl sites for hydroxylation is 2. The molecule has 0 saturated carbocycles. The van der Waals surface area contributed by atoms with E-state index in [9.17, 15) is 14.4 Å². The lowest BCUT2D eigenvalue weighted by molar-refractivity contribution is 0.0671. The first kappa shape index (κ1) is 23.4. The summed E-state index contributed by atoms with van der Waals surface area (Å²) in [7, 11) is 0.